The molecular formula is CH3IN2Pb. The Morgan fingerprint density at radius 2 is 1.80 bits per heavy atom. The molecule has 0 bridgehead atoms. The van der Waals surface area contributed by atoms with Gasteiger partial charge in [0.25, 0.3) is 0 Å². The SMILES string of the molecule is N=[C](N)[Pb].[I]. The quantitative estimate of drug-likeness (QED) is 0.264. The predicted molar refractivity (Wildman–Crippen MR) is 31.7 cm³/mol. The molecule has 0 heterocycles. The molecule has 0 aromatic heterocycles. The molecule has 4 radical (unpaired) electrons. The van der Waals surface area contributed by atoms with Crippen molar-refractivity contribution < 1.29 is 0 Å². The van der Waals surface area contributed by atoms with Gasteiger partial charge in [0, 0.05) is 24.0 Å². The molecule has 0 aromatic rings. The summed E-state index contributed by atoms with van der Waals surface area (Å²) in [5.41, 5.74) is 4.76. The third-order valence-corrected chi connectivity index (χ3v) is 0. The molecule has 3 N–H and O–H groups in total. The number of hydrogen-bond acceptors (Lipinski definition) is 1. The van der Waals surface area contributed by atoms with Crippen LogP contribution in [0.1, 0.15) is 0 Å². The maximum absolute atomic E-state index is 6.34. The zero-order chi connectivity index (χ0) is 3.58. The molecule has 0 saturated heterocycles. The van der Waals surface area contributed by atoms with E-state index in [1.165, 1.54) is 0 Å². The first-order valence-electron chi connectivity index (χ1n) is 0.789. The van der Waals surface area contributed by atoms with Gasteiger partial charge in [0.2, 0.25) is 0 Å². The molecule has 0 amide bonds. The molecule has 0 aliphatic rings. The van der Waals surface area contributed by atoms with Gasteiger partial charge in [-0.1, -0.05) is 0 Å². The van der Waals surface area contributed by atoms with E-state index in [4.69, 9.17) is 11.1 Å². The number of nitrogens with two attached hydrogens (primary N) is 1. The molecular weight excluding hydrogens is 374 g/mol. The Kier molecular flexibility index (Phi) is 9.68. The second-order valence-corrected chi connectivity index (χ2v) is 2.51. The number of amidine groups is 1. The van der Waals surface area contributed by atoms with Gasteiger partial charge in [0.15, 0.2) is 0 Å². The average Bonchev–Trinajstić information content (AvgIpc) is 0.811. The first-order chi connectivity index (χ1) is 1.73. The minimum Gasteiger partial charge on any atom is 0 e. The second-order valence-electron chi connectivity index (χ2n) is 0.414. The summed E-state index contributed by atoms with van der Waals surface area (Å²) in [7, 11) is 0. The van der Waals surface area contributed by atoms with E-state index in [-0.39, 0.29) is 24.0 Å². The summed E-state index contributed by atoms with van der Waals surface area (Å²) in [4.78, 5) is 0. The van der Waals surface area contributed by atoms with E-state index in [2.05, 4.69) is 0 Å². The van der Waals surface area contributed by atoms with Crippen LogP contribution in [0.25, 0.3) is 0 Å². The molecule has 0 spiro atoms. The monoisotopic (exact) mass is 378 g/mol. The fraction of sp³-hybridized carbons (Fsp3) is 0. The van der Waals surface area contributed by atoms with Crippen LogP contribution in [0.2, 0.25) is 0 Å². The molecule has 0 atom stereocenters. The van der Waals surface area contributed by atoms with Crippen LogP contribution in [0, 0.1) is 5.41 Å². The van der Waals surface area contributed by atoms with Crippen molar-refractivity contribution >= 4 is 53.1 Å². The van der Waals surface area contributed by atoms with Crippen molar-refractivity contribution in [3.8, 4) is 0 Å². The number of rotatable bonds is 0. The maximum atomic E-state index is 6.34. The molecule has 4 heteroatoms. The van der Waals surface area contributed by atoms with Gasteiger partial charge in [-0.15, -0.1) is 0 Å². The minimum atomic E-state index is 0. The van der Waals surface area contributed by atoms with Crippen LogP contribution in [0.15, 0.2) is 0 Å². The fourth-order valence-electron chi connectivity index (χ4n) is 0. The van der Waals surface area contributed by atoms with Gasteiger partial charge in [-0.3, -0.25) is 0 Å². The van der Waals surface area contributed by atoms with Crippen molar-refractivity contribution in [3.05, 3.63) is 0 Å². The third kappa shape index (κ3) is 39.7. The van der Waals surface area contributed by atoms with Crippen LogP contribution in [0.5, 0.6) is 0 Å². The summed E-state index contributed by atoms with van der Waals surface area (Å²) in [6, 6.07) is 0. The minimum absolute atomic E-state index is 0. The molecule has 0 unspecified atom stereocenters. The Labute approximate surface area is 63.7 Å². The van der Waals surface area contributed by atoms with E-state index in [1.54, 1.807) is 0 Å². The van der Waals surface area contributed by atoms with Crippen molar-refractivity contribution in [2.45, 2.75) is 0 Å². The summed E-state index contributed by atoms with van der Waals surface area (Å²) in [5.74, 6) is 0. The zero-order valence-corrected chi connectivity index (χ0v) is 8.50. The van der Waals surface area contributed by atoms with Crippen LogP contribution in [0.4, 0.5) is 0 Å². The molecule has 2 nitrogen and oxygen atoms in total. The first kappa shape index (κ1) is 9.45. The maximum Gasteiger partial charge on any atom is 0 e. The normalized spacial score (nSPS) is 5.00. The molecule has 0 fully saturated rings. The van der Waals surface area contributed by atoms with Crippen molar-refractivity contribution in [3.63, 3.8) is 0 Å². The second kappa shape index (κ2) is 5.12. The smallest absolute Gasteiger partial charge is 0 e. The summed E-state index contributed by atoms with van der Waals surface area (Å²) in [5, 5.41) is 6.34. The first-order valence-corrected chi connectivity index (χ1v) is 2.73. The van der Waals surface area contributed by atoms with E-state index in [0.29, 0.717) is 29.2 Å². The van der Waals surface area contributed by atoms with Gasteiger partial charge in [-0.2, -0.15) is 0 Å². The van der Waals surface area contributed by atoms with Gasteiger partial charge in [-0.05, 0) is 0 Å². The van der Waals surface area contributed by atoms with Gasteiger partial charge in [0.1, 0.15) is 0 Å². The third-order valence-electron chi connectivity index (χ3n) is 0. The van der Waals surface area contributed by atoms with E-state index in [9.17, 15) is 0 Å². The summed E-state index contributed by atoms with van der Waals surface area (Å²) < 4.78 is 0.306. The standard InChI is InChI=1S/CH3N2.I.Pb/c2-1-3;;/h(H3,2,3);;. The van der Waals surface area contributed by atoms with Crippen molar-refractivity contribution in [2.24, 2.45) is 5.73 Å². The Bertz CT molecular complexity index is 32.6. The van der Waals surface area contributed by atoms with Crippen LogP contribution in [-0.2, 0) is 0 Å². The van der Waals surface area contributed by atoms with E-state index in [1.807, 2.05) is 0 Å². The number of hydrogen-bond donors (Lipinski definition) is 2. The van der Waals surface area contributed by atoms with E-state index < -0.39 is 0 Å². The number of halogens is 1. The van der Waals surface area contributed by atoms with Gasteiger partial charge < -0.3 is 0 Å². The molecule has 0 aromatic carbocycles. The van der Waals surface area contributed by atoms with Crippen molar-refractivity contribution in [1.29, 1.82) is 5.41 Å². The predicted octanol–water partition coefficient (Wildman–Crippen LogP) is -0.0659. The Balaban J connectivity index is 0. The molecule has 0 saturated carbocycles. The molecule has 0 aliphatic carbocycles. The van der Waals surface area contributed by atoms with Gasteiger partial charge in [0.05, 0.1) is 0 Å². The summed E-state index contributed by atoms with van der Waals surface area (Å²) in [6.07, 6.45) is 0. The fourth-order valence-corrected chi connectivity index (χ4v) is 0. The van der Waals surface area contributed by atoms with Crippen molar-refractivity contribution in [2.75, 3.05) is 0 Å². The summed E-state index contributed by atoms with van der Waals surface area (Å²) >= 11 is 0.710. The van der Waals surface area contributed by atoms with Gasteiger partial charge >= 0.3 is 40.3 Å². The molecule has 0 rings (SSSR count). The van der Waals surface area contributed by atoms with Crippen molar-refractivity contribution in [1.82, 2.24) is 0 Å². The van der Waals surface area contributed by atoms with Crippen LogP contribution in [-0.4, -0.2) is 29.2 Å². The van der Waals surface area contributed by atoms with E-state index in [0.717, 1.165) is 0 Å². The zero-order valence-electron chi connectivity index (χ0n) is 2.46. The number of nitrogens with one attached hydrogen (secondary N) is 1. The Hall–Kier alpha value is 1.12. The molecule has 28 valence electrons. The topological polar surface area (TPSA) is 49.9 Å². The van der Waals surface area contributed by atoms with Crippen LogP contribution >= 0.6 is 24.0 Å². The largest absolute Gasteiger partial charge is 0 e. The average molecular weight is 377 g/mol. The van der Waals surface area contributed by atoms with E-state index >= 15 is 0 Å². The van der Waals surface area contributed by atoms with Gasteiger partial charge in [-0.25, -0.2) is 0 Å². The molecule has 5 heavy (non-hydrogen) atoms. The Morgan fingerprint density at radius 1 is 1.80 bits per heavy atom. The molecule has 0 aliphatic heterocycles. The summed E-state index contributed by atoms with van der Waals surface area (Å²) in [6.45, 7) is 0. The van der Waals surface area contributed by atoms with Crippen LogP contribution < -0.4 is 5.73 Å². The van der Waals surface area contributed by atoms with Crippen LogP contribution in [0.3, 0.4) is 0 Å². The Morgan fingerprint density at radius 3 is 1.80 bits per heavy atom.